The quantitative estimate of drug-likeness (QED) is 0.787. The fourth-order valence-corrected chi connectivity index (χ4v) is 2.23. The number of nitrogens with one attached hydrogen (secondary N) is 1. The number of carbonyl (C=O) groups excluding carboxylic acids is 1. The molecule has 1 amide bonds. The molecule has 1 aliphatic carbocycles. The van der Waals surface area contributed by atoms with E-state index in [2.05, 4.69) is 12.2 Å². The van der Waals surface area contributed by atoms with Gasteiger partial charge in [-0.1, -0.05) is 12.5 Å². The maximum atomic E-state index is 12.0. The van der Waals surface area contributed by atoms with E-state index < -0.39 is 0 Å². The van der Waals surface area contributed by atoms with Crippen LogP contribution in [0.15, 0.2) is 18.2 Å². The predicted octanol–water partition coefficient (Wildman–Crippen LogP) is 2.50. The molecule has 0 bridgehead atoms. The largest absolute Gasteiger partial charge is 0.398 e. The second-order valence-electron chi connectivity index (χ2n) is 5.04. The van der Waals surface area contributed by atoms with Crippen LogP contribution in [0, 0.1) is 12.8 Å². The van der Waals surface area contributed by atoms with E-state index in [1.54, 1.807) is 6.07 Å². The Kier molecular flexibility index (Phi) is 3.36. The fourth-order valence-electron chi connectivity index (χ4n) is 2.23. The third kappa shape index (κ3) is 2.60. The number of hydrogen-bond acceptors (Lipinski definition) is 2. The molecule has 0 heterocycles. The Balaban J connectivity index is 2.03. The predicted molar refractivity (Wildman–Crippen MR) is 69.9 cm³/mol. The summed E-state index contributed by atoms with van der Waals surface area (Å²) in [5.41, 5.74) is 8.08. The molecule has 0 spiro atoms. The van der Waals surface area contributed by atoms with Crippen LogP contribution in [0.1, 0.15) is 42.1 Å². The number of carbonyl (C=O) groups is 1. The van der Waals surface area contributed by atoms with Gasteiger partial charge in [-0.3, -0.25) is 4.79 Å². The highest BCUT2D eigenvalue weighted by Crippen LogP contribution is 2.29. The fraction of sp³-hybridized carbons (Fsp3) is 0.500. The van der Waals surface area contributed by atoms with Crippen LogP contribution >= 0.6 is 0 Å². The van der Waals surface area contributed by atoms with E-state index in [0.29, 0.717) is 17.2 Å². The molecule has 1 aliphatic rings. The van der Waals surface area contributed by atoms with E-state index in [9.17, 15) is 4.79 Å². The van der Waals surface area contributed by atoms with Crippen molar-refractivity contribution in [2.24, 2.45) is 5.92 Å². The van der Waals surface area contributed by atoms with Crippen LogP contribution in [0.4, 0.5) is 5.69 Å². The zero-order valence-corrected chi connectivity index (χ0v) is 10.5. The van der Waals surface area contributed by atoms with E-state index in [0.717, 1.165) is 5.56 Å². The maximum Gasteiger partial charge on any atom is 0.253 e. The second kappa shape index (κ2) is 4.78. The summed E-state index contributed by atoms with van der Waals surface area (Å²) in [6, 6.07) is 5.80. The molecule has 1 unspecified atom stereocenters. The Morgan fingerprint density at radius 1 is 1.47 bits per heavy atom. The van der Waals surface area contributed by atoms with Crippen molar-refractivity contribution < 1.29 is 4.79 Å². The minimum atomic E-state index is -0.0538. The van der Waals surface area contributed by atoms with Crippen molar-refractivity contribution in [2.45, 2.75) is 39.2 Å². The summed E-state index contributed by atoms with van der Waals surface area (Å²) in [4.78, 5) is 12.0. The zero-order chi connectivity index (χ0) is 12.4. The molecule has 3 heteroatoms. The van der Waals surface area contributed by atoms with Crippen molar-refractivity contribution in [2.75, 3.05) is 5.73 Å². The molecule has 1 aromatic carbocycles. The van der Waals surface area contributed by atoms with Gasteiger partial charge in [-0.25, -0.2) is 0 Å². The first kappa shape index (κ1) is 12.0. The highest BCUT2D eigenvalue weighted by atomic mass is 16.1. The number of hydrogen-bond donors (Lipinski definition) is 2. The number of rotatable bonds is 3. The van der Waals surface area contributed by atoms with Gasteiger partial charge in [0.1, 0.15) is 0 Å². The smallest absolute Gasteiger partial charge is 0.253 e. The van der Waals surface area contributed by atoms with Crippen LogP contribution < -0.4 is 11.1 Å². The van der Waals surface area contributed by atoms with Crippen molar-refractivity contribution in [3.05, 3.63) is 29.3 Å². The lowest BCUT2D eigenvalue weighted by molar-refractivity contribution is 0.0910. The molecule has 2 rings (SSSR count). The van der Waals surface area contributed by atoms with Gasteiger partial charge in [-0.2, -0.15) is 0 Å². The number of nitrogen functional groups attached to an aromatic ring is 1. The third-order valence-corrected chi connectivity index (χ3v) is 3.67. The molecular weight excluding hydrogens is 212 g/mol. The van der Waals surface area contributed by atoms with Gasteiger partial charge in [-0.15, -0.1) is 0 Å². The van der Waals surface area contributed by atoms with Gasteiger partial charge in [-0.05, 0) is 50.3 Å². The molecule has 17 heavy (non-hydrogen) atoms. The van der Waals surface area contributed by atoms with Gasteiger partial charge in [0.25, 0.3) is 5.91 Å². The Bertz CT molecular complexity index is 424. The van der Waals surface area contributed by atoms with E-state index >= 15 is 0 Å². The number of benzene rings is 1. The van der Waals surface area contributed by atoms with Crippen molar-refractivity contribution in [3.63, 3.8) is 0 Å². The van der Waals surface area contributed by atoms with E-state index in [4.69, 9.17) is 5.73 Å². The normalized spacial score (nSPS) is 17.3. The number of amides is 1. The monoisotopic (exact) mass is 232 g/mol. The summed E-state index contributed by atoms with van der Waals surface area (Å²) in [7, 11) is 0. The number of nitrogens with two attached hydrogens (primary N) is 1. The van der Waals surface area contributed by atoms with Gasteiger partial charge in [0, 0.05) is 11.7 Å². The molecule has 0 radical (unpaired) electrons. The van der Waals surface area contributed by atoms with Crippen LogP contribution in [0.25, 0.3) is 0 Å². The average molecular weight is 232 g/mol. The van der Waals surface area contributed by atoms with Crippen LogP contribution in [0.5, 0.6) is 0 Å². The molecular formula is C14H20N2O. The summed E-state index contributed by atoms with van der Waals surface area (Å²) in [5, 5.41) is 3.04. The van der Waals surface area contributed by atoms with Crippen LogP contribution in [0.2, 0.25) is 0 Å². The highest BCUT2D eigenvalue weighted by Gasteiger charge is 2.25. The molecule has 3 N–H and O–H groups in total. The Hall–Kier alpha value is -1.51. The molecule has 0 aliphatic heterocycles. The molecule has 1 fully saturated rings. The van der Waals surface area contributed by atoms with Gasteiger partial charge < -0.3 is 11.1 Å². The molecule has 1 aromatic rings. The molecule has 1 atom stereocenters. The van der Waals surface area contributed by atoms with E-state index in [1.165, 1.54) is 19.3 Å². The minimum absolute atomic E-state index is 0.0538. The Morgan fingerprint density at radius 3 is 2.71 bits per heavy atom. The standard InChI is InChI=1S/C14H20N2O/c1-9-6-7-12(13(15)8-9)14(17)16-10(2)11-4-3-5-11/h6-8,10-11H,3-5,15H2,1-2H3,(H,16,17). The lowest BCUT2D eigenvalue weighted by Gasteiger charge is -2.32. The van der Waals surface area contributed by atoms with E-state index in [1.807, 2.05) is 19.1 Å². The Labute approximate surface area is 102 Å². The minimum Gasteiger partial charge on any atom is -0.398 e. The van der Waals surface area contributed by atoms with Gasteiger partial charge >= 0.3 is 0 Å². The van der Waals surface area contributed by atoms with E-state index in [-0.39, 0.29) is 11.9 Å². The first-order valence-electron chi connectivity index (χ1n) is 6.25. The summed E-state index contributed by atoms with van der Waals surface area (Å²) in [6.07, 6.45) is 3.74. The molecule has 1 saturated carbocycles. The van der Waals surface area contributed by atoms with Crippen LogP contribution in [-0.2, 0) is 0 Å². The second-order valence-corrected chi connectivity index (χ2v) is 5.04. The van der Waals surface area contributed by atoms with Gasteiger partial charge in [0.15, 0.2) is 0 Å². The van der Waals surface area contributed by atoms with Crippen LogP contribution in [0.3, 0.4) is 0 Å². The molecule has 92 valence electrons. The summed E-state index contributed by atoms with van der Waals surface area (Å²) in [5.74, 6) is 0.590. The average Bonchev–Trinajstić information content (AvgIpc) is 2.13. The third-order valence-electron chi connectivity index (χ3n) is 3.67. The number of aryl methyl sites for hydroxylation is 1. The topological polar surface area (TPSA) is 55.1 Å². The zero-order valence-electron chi connectivity index (χ0n) is 10.5. The van der Waals surface area contributed by atoms with Gasteiger partial charge in [0.2, 0.25) is 0 Å². The van der Waals surface area contributed by atoms with Gasteiger partial charge in [0.05, 0.1) is 5.56 Å². The Morgan fingerprint density at radius 2 is 2.18 bits per heavy atom. The highest BCUT2D eigenvalue weighted by molar-refractivity contribution is 5.99. The van der Waals surface area contributed by atoms with Crippen molar-refractivity contribution in [1.82, 2.24) is 5.32 Å². The maximum absolute atomic E-state index is 12.0. The van der Waals surface area contributed by atoms with Crippen molar-refractivity contribution in [1.29, 1.82) is 0 Å². The lowest BCUT2D eigenvalue weighted by atomic mass is 9.80. The first-order valence-corrected chi connectivity index (χ1v) is 6.25. The SMILES string of the molecule is Cc1ccc(C(=O)NC(C)C2CCC2)c(N)c1. The summed E-state index contributed by atoms with van der Waals surface area (Å²) < 4.78 is 0. The van der Waals surface area contributed by atoms with Crippen molar-refractivity contribution >= 4 is 11.6 Å². The number of anilines is 1. The summed E-state index contributed by atoms with van der Waals surface area (Å²) >= 11 is 0. The molecule has 0 saturated heterocycles. The summed E-state index contributed by atoms with van der Waals surface area (Å²) in [6.45, 7) is 4.04. The first-order chi connectivity index (χ1) is 8.08. The molecule has 0 aromatic heterocycles. The lowest BCUT2D eigenvalue weighted by Crippen LogP contribution is -2.40. The van der Waals surface area contributed by atoms with Crippen LogP contribution in [-0.4, -0.2) is 11.9 Å². The molecule has 3 nitrogen and oxygen atoms in total. The van der Waals surface area contributed by atoms with Crippen molar-refractivity contribution in [3.8, 4) is 0 Å².